The summed E-state index contributed by atoms with van der Waals surface area (Å²) in [4.78, 5) is 0. The van der Waals surface area contributed by atoms with Gasteiger partial charge in [0, 0.05) is 28.9 Å². The van der Waals surface area contributed by atoms with Crippen LogP contribution in [0.3, 0.4) is 0 Å². The summed E-state index contributed by atoms with van der Waals surface area (Å²) < 4.78 is 21.6. The highest BCUT2D eigenvalue weighted by Crippen LogP contribution is 2.04. The number of nitrogens with one attached hydrogen (secondary N) is 1. The Morgan fingerprint density at radius 2 is 2.40 bits per heavy atom. The average molecular weight is 235 g/mol. The Bertz CT molecular complexity index is 195. The van der Waals surface area contributed by atoms with Gasteiger partial charge in [-0.05, 0) is 19.4 Å². The third-order valence-corrected chi connectivity index (χ3v) is 4.01. The van der Waals surface area contributed by atoms with Crippen LogP contribution in [0.15, 0.2) is 0 Å². The summed E-state index contributed by atoms with van der Waals surface area (Å²) in [5.41, 5.74) is 0. The van der Waals surface area contributed by atoms with Crippen LogP contribution in [0, 0.1) is 0 Å². The van der Waals surface area contributed by atoms with Crippen LogP contribution in [0.5, 0.6) is 0 Å². The standard InChI is InChI=1S/C10H21NO3S/c1-9(15(2)12)3-5-11-7-10-4-6-13-8-14-10/h9-11H,3-8H2,1-2H3. The van der Waals surface area contributed by atoms with Crippen molar-refractivity contribution in [3.8, 4) is 0 Å². The Labute approximate surface area is 94.2 Å². The zero-order chi connectivity index (χ0) is 11.1. The quantitative estimate of drug-likeness (QED) is 0.681. The van der Waals surface area contributed by atoms with E-state index in [9.17, 15) is 4.21 Å². The highest BCUT2D eigenvalue weighted by Gasteiger charge is 2.13. The minimum Gasteiger partial charge on any atom is -0.355 e. The van der Waals surface area contributed by atoms with E-state index in [0.717, 1.165) is 32.5 Å². The van der Waals surface area contributed by atoms with E-state index in [-0.39, 0.29) is 11.4 Å². The fourth-order valence-electron chi connectivity index (χ4n) is 1.40. The number of hydrogen-bond donors (Lipinski definition) is 1. The zero-order valence-corrected chi connectivity index (χ0v) is 10.3. The van der Waals surface area contributed by atoms with Crippen molar-refractivity contribution < 1.29 is 13.7 Å². The fraction of sp³-hybridized carbons (Fsp3) is 1.00. The first-order chi connectivity index (χ1) is 7.20. The zero-order valence-electron chi connectivity index (χ0n) is 9.53. The SMILES string of the molecule is CC(CCNCC1CCOCO1)S(C)=O. The molecular weight excluding hydrogens is 214 g/mol. The maximum atomic E-state index is 11.1. The van der Waals surface area contributed by atoms with Crippen LogP contribution in [-0.4, -0.2) is 48.3 Å². The van der Waals surface area contributed by atoms with Crippen molar-refractivity contribution in [1.82, 2.24) is 5.32 Å². The largest absolute Gasteiger partial charge is 0.355 e. The van der Waals surface area contributed by atoms with E-state index in [0.29, 0.717) is 6.79 Å². The Morgan fingerprint density at radius 1 is 1.60 bits per heavy atom. The average Bonchev–Trinajstić information content (AvgIpc) is 2.25. The first-order valence-corrected chi connectivity index (χ1v) is 7.04. The third kappa shape index (κ3) is 5.61. The first kappa shape index (κ1) is 13.1. The first-order valence-electron chi connectivity index (χ1n) is 5.42. The molecule has 0 saturated carbocycles. The van der Waals surface area contributed by atoms with Crippen molar-refractivity contribution >= 4 is 10.8 Å². The molecule has 0 spiro atoms. The van der Waals surface area contributed by atoms with Crippen molar-refractivity contribution in [3.05, 3.63) is 0 Å². The summed E-state index contributed by atoms with van der Waals surface area (Å²) in [6.45, 7) is 5.00. The van der Waals surface area contributed by atoms with E-state index in [4.69, 9.17) is 9.47 Å². The maximum Gasteiger partial charge on any atom is 0.147 e. The molecule has 3 unspecified atom stereocenters. The van der Waals surface area contributed by atoms with Crippen LogP contribution in [0.25, 0.3) is 0 Å². The van der Waals surface area contributed by atoms with Crippen LogP contribution in [-0.2, 0) is 20.3 Å². The molecule has 0 aromatic carbocycles. The van der Waals surface area contributed by atoms with Crippen LogP contribution in [0.4, 0.5) is 0 Å². The summed E-state index contributed by atoms with van der Waals surface area (Å²) in [5.74, 6) is 0. The predicted octanol–water partition coefficient (Wildman–Crippen LogP) is 0.496. The second-order valence-electron chi connectivity index (χ2n) is 3.91. The molecule has 3 atom stereocenters. The van der Waals surface area contributed by atoms with Gasteiger partial charge in [-0.2, -0.15) is 0 Å². The lowest BCUT2D eigenvalue weighted by Gasteiger charge is -2.23. The summed E-state index contributed by atoms with van der Waals surface area (Å²) in [6.07, 6.45) is 3.95. The van der Waals surface area contributed by atoms with Gasteiger partial charge in [0.25, 0.3) is 0 Å². The minimum atomic E-state index is -0.710. The lowest BCUT2D eigenvalue weighted by Crippen LogP contribution is -2.35. The third-order valence-electron chi connectivity index (χ3n) is 2.64. The molecule has 15 heavy (non-hydrogen) atoms. The Balaban J connectivity index is 1.98. The number of rotatable bonds is 6. The van der Waals surface area contributed by atoms with Crippen molar-refractivity contribution in [3.63, 3.8) is 0 Å². The van der Waals surface area contributed by atoms with Gasteiger partial charge in [-0.1, -0.05) is 6.92 Å². The molecule has 1 rings (SSSR count). The maximum absolute atomic E-state index is 11.1. The second-order valence-corrected chi connectivity index (χ2v) is 5.71. The van der Waals surface area contributed by atoms with E-state index in [1.54, 1.807) is 6.26 Å². The normalized spacial score (nSPS) is 26.1. The Kier molecular flexibility index (Phi) is 6.40. The summed E-state index contributed by atoms with van der Waals surface area (Å²) in [6, 6.07) is 0. The molecule has 1 fully saturated rings. The van der Waals surface area contributed by atoms with E-state index in [1.165, 1.54) is 0 Å². The molecule has 5 heteroatoms. The lowest BCUT2D eigenvalue weighted by molar-refractivity contribution is -0.137. The van der Waals surface area contributed by atoms with Gasteiger partial charge in [0.2, 0.25) is 0 Å². The van der Waals surface area contributed by atoms with Gasteiger partial charge in [-0.3, -0.25) is 4.21 Å². The Morgan fingerprint density at radius 3 is 3.00 bits per heavy atom. The second kappa shape index (κ2) is 7.33. The number of ether oxygens (including phenoxy) is 2. The van der Waals surface area contributed by atoms with Crippen LogP contribution in [0.1, 0.15) is 19.8 Å². The molecule has 90 valence electrons. The van der Waals surface area contributed by atoms with Crippen molar-refractivity contribution in [1.29, 1.82) is 0 Å². The highest BCUT2D eigenvalue weighted by molar-refractivity contribution is 7.84. The molecule has 0 bridgehead atoms. The van der Waals surface area contributed by atoms with Gasteiger partial charge in [-0.25, -0.2) is 0 Å². The molecule has 4 nitrogen and oxygen atoms in total. The predicted molar refractivity (Wildman–Crippen MR) is 61.3 cm³/mol. The number of hydrogen-bond acceptors (Lipinski definition) is 4. The van der Waals surface area contributed by atoms with E-state index < -0.39 is 10.8 Å². The van der Waals surface area contributed by atoms with E-state index in [1.807, 2.05) is 6.92 Å². The molecule has 1 aliphatic heterocycles. The Hall–Kier alpha value is 0.0300. The van der Waals surface area contributed by atoms with Crippen LogP contribution in [0.2, 0.25) is 0 Å². The highest BCUT2D eigenvalue weighted by atomic mass is 32.2. The van der Waals surface area contributed by atoms with Gasteiger partial charge in [-0.15, -0.1) is 0 Å². The summed E-state index contributed by atoms with van der Waals surface area (Å²) in [7, 11) is -0.710. The fourth-order valence-corrected chi connectivity index (χ4v) is 1.85. The van der Waals surface area contributed by atoms with Gasteiger partial charge in [0.05, 0.1) is 12.7 Å². The molecule has 1 N–H and O–H groups in total. The van der Waals surface area contributed by atoms with Crippen LogP contribution < -0.4 is 5.32 Å². The lowest BCUT2D eigenvalue weighted by atomic mass is 10.2. The van der Waals surface area contributed by atoms with E-state index in [2.05, 4.69) is 5.32 Å². The molecule has 0 amide bonds. The van der Waals surface area contributed by atoms with Gasteiger partial charge < -0.3 is 14.8 Å². The molecule has 1 aliphatic rings. The molecular formula is C10H21NO3S. The van der Waals surface area contributed by atoms with Crippen molar-refractivity contribution in [2.45, 2.75) is 31.1 Å². The molecule has 1 heterocycles. The summed E-state index contributed by atoms with van der Waals surface area (Å²) >= 11 is 0. The van der Waals surface area contributed by atoms with Crippen molar-refractivity contribution in [2.24, 2.45) is 0 Å². The van der Waals surface area contributed by atoms with Gasteiger partial charge in [0.1, 0.15) is 6.79 Å². The van der Waals surface area contributed by atoms with Gasteiger partial charge in [0.15, 0.2) is 0 Å². The molecule has 1 saturated heterocycles. The summed E-state index contributed by atoms with van der Waals surface area (Å²) in [5, 5.41) is 3.60. The molecule has 0 aliphatic carbocycles. The van der Waals surface area contributed by atoms with E-state index >= 15 is 0 Å². The molecule has 0 radical (unpaired) electrons. The van der Waals surface area contributed by atoms with Crippen molar-refractivity contribution in [2.75, 3.05) is 32.7 Å². The molecule has 0 aromatic rings. The minimum absolute atomic E-state index is 0.271. The van der Waals surface area contributed by atoms with Gasteiger partial charge >= 0.3 is 0 Å². The smallest absolute Gasteiger partial charge is 0.147 e. The molecule has 0 aromatic heterocycles. The topological polar surface area (TPSA) is 47.6 Å². The monoisotopic (exact) mass is 235 g/mol. The van der Waals surface area contributed by atoms with Crippen LogP contribution >= 0.6 is 0 Å².